The second-order valence-corrected chi connectivity index (χ2v) is 7.89. The van der Waals surface area contributed by atoms with Crippen LogP contribution in [-0.4, -0.2) is 61.5 Å². The average molecular weight is 327 g/mol. The maximum atomic E-state index is 13.2. The third-order valence-electron chi connectivity index (χ3n) is 6.03. The van der Waals surface area contributed by atoms with E-state index in [0.717, 1.165) is 32.6 Å². The second kappa shape index (κ2) is 6.49. The van der Waals surface area contributed by atoms with E-state index in [9.17, 15) is 4.79 Å². The number of benzene rings is 1. The summed E-state index contributed by atoms with van der Waals surface area (Å²) in [7, 11) is 2.20. The summed E-state index contributed by atoms with van der Waals surface area (Å²) in [5, 5.41) is 0. The number of likely N-dealkylation sites (tertiary alicyclic amines) is 2. The van der Waals surface area contributed by atoms with Gasteiger partial charge in [0.1, 0.15) is 0 Å². The first-order valence-corrected chi connectivity index (χ1v) is 9.47. The minimum absolute atomic E-state index is 0.305. The smallest absolute Gasteiger partial charge is 0.241 e. The van der Waals surface area contributed by atoms with Crippen molar-refractivity contribution in [2.45, 2.75) is 44.6 Å². The lowest BCUT2D eigenvalue weighted by Gasteiger charge is -2.37. The molecule has 4 rings (SSSR count). The minimum atomic E-state index is 0.305. The molecule has 0 aromatic heterocycles. The van der Waals surface area contributed by atoms with Gasteiger partial charge in [-0.05, 0) is 64.5 Å². The highest BCUT2D eigenvalue weighted by molar-refractivity contribution is 5.98. The fraction of sp³-hybridized carbons (Fsp3) is 0.650. The molecule has 2 saturated heterocycles. The van der Waals surface area contributed by atoms with Gasteiger partial charge in [-0.3, -0.25) is 9.69 Å². The Morgan fingerprint density at radius 2 is 1.96 bits per heavy atom. The first-order chi connectivity index (χ1) is 11.6. The monoisotopic (exact) mass is 327 g/mol. The Balaban J connectivity index is 1.60. The van der Waals surface area contributed by atoms with Crippen LogP contribution < -0.4 is 4.90 Å². The van der Waals surface area contributed by atoms with Crippen LogP contribution in [0.15, 0.2) is 18.2 Å². The Hall–Kier alpha value is -1.39. The van der Waals surface area contributed by atoms with Crippen molar-refractivity contribution in [3.8, 4) is 0 Å². The Morgan fingerprint density at radius 3 is 2.75 bits per heavy atom. The van der Waals surface area contributed by atoms with E-state index in [1.165, 1.54) is 36.1 Å². The molecule has 0 spiro atoms. The topological polar surface area (TPSA) is 26.8 Å². The van der Waals surface area contributed by atoms with Crippen molar-refractivity contribution in [2.75, 3.05) is 44.7 Å². The van der Waals surface area contributed by atoms with Crippen LogP contribution in [0.2, 0.25) is 0 Å². The van der Waals surface area contributed by atoms with E-state index in [1.807, 2.05) is 0 Å². The van der Waals surface area contributed by atoms with Gasteiger partial charge in [-0.1, -0.05) is 24.1 Å². The van der Waals surface area contributed by atoms with Crippen LogP contribution in [-0.2, 0) is 4.79 Å². The minimum Gasteiger partial charge on any atom is -0.307 e. The number of hydrogen-bond acceptors (Lipinski definition) is 3. The van der Waals surface area contributed by atoms with Gasteiger partial charge in [0.25, 0.3) is 0 Å². The maximum absolute atomic E-state index is 13.2. The van der Waals surface area contributed by atoms with Crippen LogP contribution in [0.5, 0.6) is 0 Å². The summed E-state index contributed by atoms with van der Waals surface area (Å²) >= 11 is 0. The van der Waals surface area contributed by atoms with Crippen molar-refractivity contribution >= 4 is 11.6 Å². The molecule has 3 aliphatic heterocycles. The number of carbonyl (C=O) groups is 1. The number of anilines is 1. The van der Waals surface area contributed by atoms with Crippen LogP contribution in [0.1, 0.15) is 42.7 Å². The third-order valence-corrected chi connectivity index (χ3v) is 6.03. The van der Waals surface area contributed by atoms with Crippen molar-refractivity contribution in [3.05, 3.63) is 29.3 Å². The molecule has 4 heteroatoms. The van der Waals surface area contributed by atoms with Gasteiger partial charge in [-0.25, -0.2) is 0 Å². The number of aryl methyl sites for hydroxylation is 1. The Bertz CT molecular complexity index is 623. The number of carbonyl (C=O) groups excluding carboxylic acids is 1. The molecule has 24 heavy (non-hydrogen) atoms. The SMILES string of the molecule is Cc1ccc2c(c1)[C@H]1CN(C)CC[C@@H]1N2C(=O)CN1CCCCC1. The van der Waals surface area contributed by atoms with Crippen molar-refractivity contribution in [1.82, 2.24) is 9.80 Å². The highest BCUT2D eigenvalue weighted by Crippen LogP contribution is 2.44. The summed E-state index contributed by atoms with van der Waals surface area (Å²) in [5.41, 5.74) is 3.86. The van der Waals surface area contributed by atoms with E-state index >= 15 is 0 Å². The van der Waals surface area contributed by atoms with E-state index in [4.69, 9.17) is 0 Å². The first-order valence-electron chi connectivity index (χ1n) is 9.47. The number of rotatable bonds is 2. The maximum Gasteiger partial charge on any atom is 0.241 e. The lowest BCUT2D eigenvalue weighted by atomic mass is 9.89. The highest BCUT2D eigenvalue weighted by atomic mass is 16.2. The molecule has 3 aliphatic rings. The molecule has 3 heterocycles. The largest absolute Gasteiger partial charge is 0.307 e. The molecule has 1 amide bonds. The summed E-state index contributed by atoms with van der Waals surface area (Å²) < 4.78 is 0. The lowest BCUT2D eigenvalue weighted by Crippen LogP contribution is -2.50. The summed E-state index contributed by atoms with van der Waals surface area (Å²) in [4.78, 5) is 20.1. The number of fused-ring (bicyclic) bond motifs is 3. The normalized spacial score (nSPS) is 27.8. The molecule has 1 aromatic carbocycles. The predicted octanol–water partition coefficient (Wildman–Crippen LogP) is 2.62. The van der Waals surface area contributed by atoms with E-state index in [2.05, 4.69) is 46.9 Å². The summed E-state index contributed by atoms with van der Waals surface area (Å²) in [6, 6.07) is 6.99. The van der Waals surface area contributed by atoms with Gasteiger partial charge in [0.15, 0.2) is 0 Å². The van der Waals surface area contributed by atoms with Crippen LogP contribution in [0.3, 0.4) is 0 Å². The number of amides is 1. The fourth-order valence-corrected chi connectivity index (χ4v) is 4.79. The molecule has 0 aliphatic carbocycles. The van der Waals surface area contributed by atoms with Crippen molar-refractivity contribution < 1.29 is 4.79 Å². The summed E-state index contributed by atoms with van der Waals surface area (Å²) in [5.74, 6) is 0.781. The van der Waals surface area contributed by atoms with Crippen molar-refractivity contribution in [1.29, 1.82) is 0 Å². The van der Waals surface area contributed by atoms with Gasteiger partial charge in [0.2, 0.25) is 5.91 Å². The van der Waals surface area contributed by atoms with E-state index in [0.29, 0.717) is 24.4 Å². The van der Waals surface area contributed by atoms with Crippen LogP contribution in [0.25, 0.3) is 0 Å². The average Bonchev–Trinajstić information content (AvgIpc) is 2.89. The quantitative estimate of drug-likeness (QED) is 0.835. The third kappa shape index (κ3) is 2.86. The van der Waals surface area contributed by atoms with E-state index in [-0.39, 0.29) is 0 Å². The van der Waals surface area contributed by atoms with Crippen molar-refractivity contribution in [2.24, 2.45) is 0 Å². The van der Waals surface area contributed by atoms with E-state index < -0.39 is 0 Å². The van der Waals surface area contributed by atoms with Crippen molar-refractivity contribution in [3.63, 3.8) is 0 Å². The number of likely N-dealkylation sites (N-methyl/N-ethyl adjacent to an activating group) is 1. The van der Waals surface area contributed by atoms with Gasteiger partial charge >= 0.3 is 0 Å². The molecule has 130 valence electrons. The lowest BCUT2D eigenvalue weighted by molar-refractivity contribution is -0.120. The Labute approximate surface area is 145 Å². The number of nitrogens with zero attached hydrogens (tertiary/aromatic N) is 3. The molecule has 2 fully saturated rings. The molecule has 0 bridgehead atoms. The van der Waals surface area contributed by atoms with Crippen LogP contribution >= 0.6 is 0 Å². The number of piperidine rings is 2. The second-order valence-electron chi connectivity index (χ2n) is 7.89. The zero-order chi connectivity index (χ0) is 16.7. The molecule has 4 nitrogen and oxygen atoms in total. The number of hydrogen-bond donors (Lipinski definition) is 0. The summed E-state index contributed by atoms with van der Waals surface area (Å²) in [6.07, 6.45) is 4.87. The molecule has 1 aromatic rings. The highest BCUT2D eigenvalue weighted by Gasteiger charge is 2.43. The van der Waals surface area contributed by atoms with Gasteiger partial charge < -0.3 is 9.80 Å². The molecule has 0 saturated carbocycles. The van der Waals surface area contributed by atoms with Gasteiger partial charge in [0.05, 0.1) is 6.54 Å². The molecule has 2 atom stereocenters. The molecule has 0 unspecified atom stereocenters. The Morgan fingerprint density at radius 1 is 1.17 bits per heavy atom. The molecular formula is C20H29N3O. The zero-order valence-corrected chi connectivity index (χ0v) is 15.0. The van der Waals surface area contributed by atoms with Crippen LogP contribution in [0.4, 0.5) is 5.69 Å². The molecular weight excluding hydrogens is 298 g/mol. The predicted molar refractivity (Wildman–Crippen MR) is 97.6 cm³/mol. The zero-order valence-electron chi connectivity index (χ0n) is 15.0. The van der Waals surface area contributed by atoms with Gasteiger partial charge in [-0.2, -0.15) is 0 Å². The summed E-state index contributed by atoms with van der Waals surface area (Å²) in [6.45, 7) is 7.05. The fourth-order valence-electron chi connectivity index (χ4n) is 4.79. The molecule has 0 radical (unpaired) electrons. The Kier molecular flexibility index (Phi) is 4.35. The first kappa shape index (κ1) is 16.1. The standard InChI is InChI=1S/C20H29N3O/c1-15-6-7-18-16(12-15)17-13-21(2)11-8-19(17)23(18)20(24)14-22-9-4-3-5-10-22/h6-7,12,17,19H,3-5,8-11,13-14H2,1-2H3/t17-,19+/m1/s1. The molecule has 0 N–H and O–H groups in total. The van der Waals surface area contributed by atoms with Gasteiger partial charge in [-0.15, -0.1) is 0 Å². The van der Waals surface area contributed by atoms with Gasteiger partial charge in [0, 0.05) is 24.2 Å². The van der Waals surface area contributed by atoms with Crippen LogP contribution in [0, 0.1) is 6.92 Å². The van der Waals surface area contributed by atoms with E-state index in [1.54, 1.807) is 0 Å².